The van der Waals surface area contributed by atoms with Gasteiger partial charge in [-0.1, -0.05) is 19.8 Å². The van der Waals surface area contributed by atoms with Crippen molar-refractivity contribution >= 4 is 5.97 Å². The highest BCUT2D eigenvalue weighted by atomic mass is 16.6. The largest absolute Gasteiger partial charge is 0.469 e. The lowest BCUT2D eigenvalue weighted by atomic mass is 9.53. The number of esters is 1. The molecule has 5 heteroatoms. The van der Waals surface area contributed by atoms with Crippen molar-refractivity contribution in [2.24, 2.45) is 29.1 Å². The van der Waals surface area contributed by atoms with Gasteiger partial charge in [0.25, 0.3) is 0 Å². The summed E-state index contributed by atoms with van der Waals surface area (Å²) in [5, 5.41) is 3.83. The van der Waals surface area contributed by atoms with Gasteiger partial charge in [-0.2, -0.15) is 0 Å². The van der Waals surface area contributed by atoms with Crippen LogP contribution in [0.25, 0.3) is 0 Å². The van der Waals surface area contributed by atoms with Gasteiger partial charge < -0.3 is 19.2 Å². The van der Waals surface area contributed by atoms with E-state index in [4.69, 9.17) is 13.9 Å². The van der Waals surface area contributed by atoms with Gasteiger partial charge in [0.05, 0.1) is 24.4 Å². The van der Waals surface area contributed by atoms with E-state index in [1.165, 1.54) is 44.9 Å². The van der Waals surface area contributed by atoms with Crippen LogP contribution in [0.4, 0.5) is 0 Å². The van der Waals surface area contributed by atoms with Crippen LogP contribution in [-0.4, -0.2) is 36.9 Å². The summed E-state index contributed by atoms with van der Waals surface area (Å²) in [5.41, 5.74) is 0.398. The van der Waals surface area contributed by atoms with Gasteiger partial charge in [-0.3, -0.25) is 4.79 Å². The molecule has 3 heterocycles. The molecule has 3 saturated carbocycles. The Labute approximate surface area is 185 Å². The van der Waals surface area contributed by atoms with Crippen molar-refractivity contribution in [2.75, 3.05) is 13.2 Å². The van der Waals surface area contributed by atoms with E-state index in [1.54, 1.807) is 6.26 Å². The van der Waals surface area contributed by atoms with Crippen LogP contribution >= 0.6 is 0 Å². The van der Waals surface area contributed by atoms with E-state index < -0.39 is 0 Å². The normalized spacial score (nSPS) is 46.4. The molecule has 2 aliphatic heterocycles. The zero-order chi connectivity index (χ0) is 21.1. The van der Waals surface area contributed by atoms with Gasteiger partial charge in [0.1, 0.15) is 11.9 Å². The number of nitrogens with one attached hydrogen (secondary N) is 1. The summed E-state index contributed by atoms with van der Waals surface area (Å²) in [6, 6.07) is 4.53. The maximum Gasteiger partial charge on any atom is 0.310 e. The average Bonchev–Trinajstić information content (AvgIpc) is 3.19. The highest BCUT2D eigenvalue weighted by molar-refractivity contribution is 5.75. The molecule has 5 fully saturated rings. The molecule has 1 spiro atoms. The molecule has 5 nitrogen and oxygen atoms in total. The number of carbonyl (C=O) groups excluding carboxylic acids is 1. The molecule has 0 bridgehead atoms. The van der Waals surface area contributed by atoms with Gasteiger partial charge in [-0.05, 0) is 74.3 Å². The van der Waals surface area contributed by atoms with E-state index in [9.17, 15) is 4.79 Å². The SMILES string of the molecule is C[C@]12CCC[C@]3(CO3)[C@@H]1C[C@@H]1[C@H](CN[C@H]3CCCC[C@@H]3Cc3ccco3)C(=O)O[C@@H]1C2. The monoisotopic (exact) mass is 427 g/mol. The third kappa shape index (κ3) is 3.56. The first-order valence-electron chi connectivity index (χ1n) is 12.7. The lowest BCUT2D eigenvalue weighted by molar-refractivity contribution is -0.147. The fourth-order valence-electron chi connectivity index (χ4n) is 7.88. The molecule has 1 N–H and O–H groups in total. The summed E-state index contributed by atoms with van der Waals surface area (Å²) in [5.74, 6) is 2.65. The molecule has 1 aromatic heterocycles. The van der Waals surface area contributed by atoms with Crippen LogP contribution in [0.5, 0.6) is 0 Å². The molecule has 0 radical (unpaired) electrons. The van der Waals surface area contributed by atoms with Gasteiger partial charge >= 0.3 is 5.97 Å². The number of epoxide rings is 1. The van der Waals surface area contributed by atoms with Gasteiger partial charge in [-0.25, -0.2) is 0 Å². The van der Waals surface area contributed by atoms with Crippen LogP contribution < -0.4 is 5.32 Å². The summed E-state index contributed by atoms with van der Waals surface area (Å²) in [4.78, 5) is 12.9. The van der Waals surface area contributed by atoms with Crippen LogP contribution in [0.2, 0.25) is 0 Å². The Bertz CT molecular complexity index is 802. The second kappa shape index (κ2) is 7.62. The zero-order valence-electron chi connectivity index (χ0n) is 18.8. The first-order chi connectivity index (χ1) is 15.1. The molecule has 170 valence electrons. The Morgan fingerprint density at radius 3 is 2.87 bits per heavy atom. The van der Waals surface area contributed by atoms with Crippen molar-refractivity contribution in [3.8, 4) is 0 Å². The smallest absolute Gasteiger partial charge is 0.310 e. The minimum atomic E-state index is -0.00142. The van der Waals surface area contributed by atoms with E-state index in [0.717, 1.165) is 38.2 Å². The first-order valence-corrected chi connectivity index (χ1v) is 12.7. The van der Waals surface area contributed by atoms with Crippen molar-refractivity contribution in [3.05, 3.63) is 24.2 Å². The molecule has 0 unspecified atom stereocenters. The van der Waals surface area contributed by atoms with Crippen molar-refractivity contribution in [3.63, 3.8) is 0 Å². The number of hydrogen-bond donors (Lipinski definition) is 1. The Morgan fingerprint density at radius 2 is 2.06 bits per heavy atom. The van der Waals surface area contributed by atoms with Crippen molar-refractivity contribution in [2.45, 2.75) is 88.9 Å². The number of furan rings is 1. The number of carbonyl (C=O) groups is 1. The van der Waals surface area contributed by atoms with E-state index in [1.807, 2.05) is 6.07 Å². The Balaban J connectivity index is 1.13. The van der Waals surface area contributed by atoms with E-state index in [0.29, 0.717) is 23.8 Å². The second-order valence-corrected chi connectivity index (χ2v) is 11.4. The minimum Gasteiger partial charge on any atom is -0.469 e. The Morgan fingerprint density at radius 1 is 1.19 bits per heavy atom. The summed E-state index contributed by atoms with van der Waals surface area (Å²) >= 11 is 0. The van der Waals surface area contributed by atoms with E-state index >= 15 is 0 Å². The van der Waals surface area contributed by atoms with Crippen molar-refractivity contribution < 1.29 is 18.7 Å². The highest BCUT2D eigenvalue weighted by Gasteiger charge is 2.65. The van der Waals surface area contributed by atoms with Crippen LogP contribution in [0.1, 0.15) is 70.5 Å². The minimum absolute atomic E-state index is 0.00142. The summed E-state index contributed by atoms with van der Waals surface area (Å²) in [7, 11) is 0. The number of hydrogen-bond acceptors (Lipinski definition) is 5. The topological polar surface area (TPSA) is 64.0 Å². The fourth-order valence-corrected chi connectivity index (χ4v) is 7.88. The third-order valence-electron chi connectivity index (χ3n) is 9.63. The third-order valence-corrected chi connectivity index (χ3v) is 9.63. The maximum atomic E-state index is 12.9. The van der Waals surface area contributed by atoms with Crippen LogP contribution in [0.15, 0.2) is 22.8 Å². The molecule has 6 rings (SSSR count). The van der Waals surface area contributed by atoms with Crippen molar-refractivity contribution in [1.82, 2.24) is 5.32 Å². The van der Waals surface area contributed by atoms with Crippen LogP contribution in [0, 0.1) is 29.1 Å². The molecule has 5 aliphatic rings. The van der Waals surface area contributed by atoms with Gasteiger partial charge in [0, 0.05) is 24.9 Å². The first kappa shape index (κ1) is 20.3. The Kier molecular flexibility index (Phi) is 4.99. The van der Waals surface area contributed by atoms with Gasteiger partial charge in [0.15, 0.2) is 0 Å². The van der Waals surface area contributed by atoms with E-state index in [2.05, 4.69) is 18.3 Å². The molecule has 2 saturated heterocycles. The van der Waals surface area contributed by atoms with Crippen LogP contribution in [0.3, 0.4) is 0 Å². The molecule has 8 atom stereocenters. The molecule has 3 aliphatic carbocycles. The number of fused-ring (bicyclic) bond motifs is 3. The van der Waals surface area contributed by atoms with Crippen molar-refractivity contribution in [1.29, 1.82) is 0 Å². The van der Waals surface area contributed by atoms with Gasteiger partial charge in [-0.15, -0.1) is 0 Å². The maximum absolute atomic E-state index is 12.9. The fraction of sp³-hybridized carbons (Fsp3) is 0.808. The highest BCUT2D eigenvalue weighted by Crippen LogP contribution is 2.62. The average molecular weight is 428 g/mol. The second-order valence-electron chi connectivity index (χ2n) is 11.4. The molecule has 1 aromatic rings. The summed E-state index contributed by atoms with van der Waals surface area (Å²) in [6.07, 6.45) is 13.7. The molecular formula is C26H37NO4. The van der Waals surface area contributed by atoms with Gasteiger partial charge in [0.2, 0.25) is 0 Å². The Hall–Kier alpha value is -1.33. The summed E-state index contributed by atoms with van der Waals surface area (Å²) in [6.45, 7) is 4.12. The number of ether oxygens (including phenoxy) is 2. The lowest BCUT2D eigenvalue weighted by Gasteiger charge is -2.51. The lowest BCUT2D eigenvalue weighted by Crippen LogP contribution is -2.51. The molecule has 0 amide bonds. The summed E-state index contributed by atoms with van der Waals surface area (Å²) < 4.78 is 17.7. The molecule has 31 heavy (non-hydrogen) atoms. The predicted octanol–water partition coefficient (Wildman–Crippen LogP) is 4.50. The zero-order valence-corrected chi connectivity index (χ0v) is 18.8. The number of rotatable bonds is 5. The quantitative estimate of drug-likeness (QED) is 0.554. The molecular weight excluding hydrogens is 390 g/mol. The van der Waals surface area contributed by atoms with Crippen LogP contribution in [-0.2, 0) is 20.7 Å². The predicted molar refractivity (Wildman–Crippen MR) is 116 cm³/mol. The van der Waals surface area contributed by atoms with E-state index in [-0.39, 0.29) is 29.0 Å². The molecule has 0 aromatic carbocycles. The standard InChI is InChI=1S/C26H37NO4/c1-25-9-5-10-26(16-30-26)23(25)13-19-20(24(28)31-22(19)14-25)15-27-21-8-3-2-6-17(21)12-18-7-4-11-29-18/h4,7,11,17,19-23,27H,2-3,5-6,8-10,12-16H2,1H3/t17-,19-,20+,21+,22-,23-,25-,26+/m1/s1.